The number of Topliss-reactive ketones (excluding diaryl/α,β-unsaturated/α-hetero) is 1. The van der Waals surface area contributed by atoms with Gasteiger partial charge in [0.1, 0.15) is 6.61 Å². The van der Waals surface area contributed by atoms with Gasteiger partial charge in [-0.3, -0.25) is 14.4 Å². The summed E-state index contributed by atoms with van der Waals surface area (Å²) in [6, 6.07) is 14.1. The Morgan fingerprint density at radius 3 is 2.27 bits per heavy atom. The van der Waals surface area contributed by atoms with Crippen LogP contribution < -0.4 is 5.32 Å². The van der Waals surface area contributed by atoms with Gasteiger partial charge in [0.15, 0.2) is 23.9 Å². The quantitative estimate of drug-likeness (QED) is 0.228. The summed E-state index contributed by atoms with van der Waals surface area (Å²) in [6.45, 7) is 1.69. The second kappa shape index (κ2) is 15.4. The van der Waals surface area contributed by atoms with Gasteiger partial charge in [0.2, 0.25) is 0 Å². The van der Waals surface area contributed by atoms with Crippen LogP contribution in [0.15, 0.2) is 48.5 Å². The minimum Gasteiger partial charge on any atom is -0.391 e. The zero-order valence-corrected chi connectivity index (χ0v) is 24.0. The van der Waals surface area contributed by atoms with Crippen molar-refractivity contribution in [1.29, 1.82) is 0 Å². The van der Waals surface area contributed by atoms with Gasteiger partial charge >= 0.3 is 0 Å². The molecule has 2 aromatic rings. The van der Waals surface area contributed by atoms with Gasteiger partial charge in [-0.1, -0.05) is 24.0 Å². The van der Waals surface area contributed by atoms with Crippen molar-refractivity contribution in [2.45, 2.75) is 50.9 Å². The summed E-state index contributed by atoms with van der Waals surface area (Å²) in [5.41, 5.74) is 0.917. The zero-order chi connectivity index (χ0) is 29.8. The van der Waals surface area contributed by atoms with E-state index in [4.69, 9.17) is 24.1 Å². The number of carbonyl (C=O) groups is 3. The van der Waals surface area contributed by atoms with E-state index < -0.39 is 35.7 Å². The van der Waals surface area contributed by atoms with Gasteiger partial charge in [-0.2, -0.15) is 0 Å². The Balaban J connectivity index is 1.65. The first kappa shape index (κ1) is 31.9. The number of nitrogens with zero attached hydrogens (tertiary/aromatic N) is 1. The summed E-state index contributed by atoms with van der Waals surface area (Å²) in [4.78, 5) is 40.5. The molecule has 0 aliphatic carbocycles. The van der Waals surface area contributed by atoms with Crippen LogP contribution in [-0.2, 0) is 35.1 Å². The molecule has 0 aromatic heterocycles. The fraction of sp³-hybridized carbons (Fsp3) is 0.452. The Hall–Kier alpha value is -3.59. The van der Waals surface area contributed by atoms with Gasteiger partial charge in [-0.05, 0) is 68.1 Å². The number of hydrogen-bond donors (Lipinski definition) is 2. The molecular weight excluding hydrogens is 528 g/mol. The molecule has 1 fully saturated rings. The van der Waals surface area contributed by atoms with Gasteiger partial charge in [-0.25, -0.2) is 0 Å². The molecule has 10 nitrogen and oxygen atoms in total. The van der Waals surface area contributed by atoms with E-state index >= 15 is 0 Å². The third-order valence-electron chi connectivity index (χ3n) is 7.01. The predicted octanol–water partition coefficient (Wildman–Crippen LogP) is 2.26. The van der Waals surface area contributed by atoms with Crippen LogP contribution in [0.4, 0.5) is 0 Å². The number of methoxy groups -OCH3 is 1. The van der Waals surface area contributed by atoms with E-state index in [1.165, 1.54) is 28.1 Å². The molecule has 220 valence electrons. The maximum Gasteiger partial charge on any atom is 0.254 e. The normalized spacial score (nSPS) is 17.0. The number of ketones is 1. The summed E-state index contributed by atoms with van der Waals surface area (Å²) in [5.74, 6) is 4.49. The molecule has 0 radical (unpaired) electrons. The van der Waals surface area contributed by atoms with Crippen molar-refractivity contribution in [2.24, 2.45) is 0 Å². The topological polar surface area (TPSA) is 124 Å². The molecule has 0 spiro atoms. The van der Waals surface area contributed by atoms with E-state index in [9.17, 15) is 14.4 Å². The molecule has 2 aromatic carbocycles. The number of rotatable bonds is 12. The molecule has 0 bridgehead atoms. The van der Waals surface area contributed by atoms with Crippen molar-refractivity contribution in [3.8, 4) is 11.8 Å². The van der Waals surface area contributed by atoms with Crippen molar-refractivity contribution in [3.05, 3.63) is 70.8 Å². The molecule has 2 unspecified atom stereocenters. The van der Waals surface area contributed by atoms with Crippen LogP contribution in [0.5, 0.6) is 0 Å². The van der Waals surface area contributed by atoms with Gasteiger partial charge < -0.3 is 34.3 Å². The minimum atomic E-state index is -1.78. The maximum atomic E-state index is 13.3. The SMILES string of the molecule is CNC(=O)[C@@](C)(C(=O)COC1CCCCO1)N(C)C(=O)c1ccc(C#Cc2ccc(COC(CO)OC)cc2)cc1. The fourth-order valence-electron chi connectivity index (χ4n) is 4.17. The summed E-state index contributed by atoms with van der Waals surface area (Å²) in [6.07, 6.45) is 1.39. The Kier molecular flexibility index (Phi) is 12.0. The smallest absolute Gasteiger partial charge is 0.254 e. The Morgan fingerprint density at radius 1 is 1.10 bits per heavy atom. The summed E-state index contributed by atoms with van der Waals surface area (Å²) >= 11 is 0. The van der Waals surface area contributed by atoms with Crippen LogP contribution >= 0.6 is 0 Å². The minimum absolute atomic E-state index is 0.225. The fourth-order valence-corrected chi connectivity index (χ4v) is 4.17. The highest BCUT2D eigenvalue weighted by Gasteiger charge is 2.46. The number of amides is 2. The molecule has 41 heavy (non-hydrogen) atoms. The lowest BCUT2D eigenvalue weighted by Gasteiger charge is -2.36. The average molecular weight is 567 g/mol. The van der Waals surface area contributed by atoms with Crippen LogP contribution in [0.3, 0.4) is 0 Å². The number of aliphatic hydroxyl groups is 1. The first-order chi connectivity index (χ1) is 19.7. The Morgan fingerprint density at radius 2 is 1.73 bits per heavy atom. The first-order valence-electron chi connectivity index (χ1n) is 13.5. The lowest BCUT2D eigenvalue weighted by molar-refractivity contribution is -0.174. The van der Waals surface area contributed by atoms with Crippen LogP contribution in [0, 0.1) is 11.8 Å². The van der Waals surface area contributed by atoms with Crippen molar-refractivity contribution < 1.29 is 38.4 Å². The molecule has 1 aliphatic rings. The third kappa shape index (κ3) is 8.45. The highest BCUT2D eigenvalue weighted by atomic mass is 16.7. The van der Waals surface area contributed by atoms with E-state index in [0.29, 0.717) is 30.8 Å². The standard InChI is InChI=1S/C31H38N2O8/c1-31(30(37)32-2,26(35)21-41-27-7-5-6-18-39-27)33(3)29(36)25-16-14-23(15-17-25)9-8-22-10-12-24(13-11-22)20-40-28(19-34)38-4/h10-17,27-28,34H,5-7,18-21H2,1-4H3,(H,32,37)/t27?,28?,31-/m1/s1. The van der Waals surface area contributed by atoms with Crippen LogP contribution in [0.1, 0.15) is 53.2 Å². The molecule has 3 rings (SSSR count). The Labute approximate surface area is 240 Å². The third-order valence-corrected chi connectivity index (χ3v) is 7.01. The maximum absolute atomic E-state index is 13.3. The van der Waals surface area contributed by atoms with E-state index in [-0.39, 0.29) is 13.2 Å². The van der Waals surface area contributed by atoms with Gasteiger partial charge in [0.25, 0.3) is 11.8 Å². The van der Waals surface area contributed by atoms with Crippen molar-refractivity contribution in [1.82, 2.24) is 10.2 Å². The summed E-state index contributed by atoms with van der Waals surface area (Å²) in [5, 5.41) is 11.6. The summed E-state index contributed by atoms with van der Waals surface area (Å²) in [7, 11) is 4.31. The zero-order valence-electron chi connectivity index (χ0n) is 24.0. The largest absolute Gasteiger partial charge is 0.391 e. The number of aliphatic hydroxyl groups excluding tert-OH is 1. The average Bonchev–Trinajstić information content (AvgIpc) is 3.02. The molecule has 0 saturated carbocycles. The van der Waals surface area contributed by atoms with E-state index in [2.05, 4.69) is 17.2 Å². The monoisotopic (exact) mass is 566 g/mol. The van der Waals surface area contributed by atoms with Crippen LogP contribution in [0.25, 0.3) is 0 Å². The number of nitrogens with one attached hydrogen (secondary N) is 1. The highest BCUT2D eigenvalue weighted by Crippen LogP contribution is 2.21. The van der Waals surface area contributed by atoms with E-state index in [1.54, 1.807) is 24.3 Å². The molecule has 3 atom stereocenters. The number of ether oxygens (including phenoxy) is 4. The molecule has 1 aliphatic heterocycles. The number of carbonyl (C=O) groups excluding carboxylic acids is 3. The Bertz CT molecular complexity index is 1230. The molecule has 2 amide bonds. The lowest BCUT2D eigenvalue weighted by Crippen LogP contribution is -2.62. The molecule has 1 saturated heterocycles. The van der Waals surface area contributed by atoms with Crippen molar-refractivity contribution >= 4 is 17.6 Å². The molecule has 2 N–H and O–H groups in total. The second-order valence-electron chi connectivity index (χ2n) is 9.73. The first-order valence-corrected chi connectivity index (χ1v) is 13.5. The highest BCUT2D eigenvalue weighted by molar-refractivity contribution is 6.14. The summed E-state index contributed by atoms with van der Waals surface area (Å²) < 4.78 is 21.5. The van der Waals surface area contributed by atoms with Gasteiger partial charge in [-0.15, -0.1) is 0 Å². The lowest BCUT2D eigenvalue weighted by atomic mass is 9.92. The van der Waals surface area contributed by atoms with E-state index in [1.807, 2.05) is 24.3 Å². The van der Waals surface area contributed by atoms with Crippen molar-refractivity contribution in [2.75, 3.05) is 41.0 Å². The number of hydrogen-bond acceptors (Lipinski definition) is 8. The second-order valence-corrected chi connectivity index (χ2v) is 9.73. The number of likely N-dealkylation sites (N-methyl/N-ethyl adjacent to an activating group) is 2. The molecule has 1 heterocycles. The molecule has 10 heteroatoms. The molecular formula is C31H38N2O8. The van der Waals surface area contributed by atoms with Crippen LogP contribution in [-0.4, -0.2) is 86.7 Å². The van der Waals surface area contributed by atoms with Gasteiger partial charge in [0, 0.05) is 44.5 Å². The van der Waals surface area contributed by atoms with Crippen LogP contribution in [0.2, 0.25) is 0 Å². The predicted molar refractivity (Wildman–Crippen MR) is 151 cm³/mol. The van der Waals surface area contributed by atoms with Gasteiger partial charge in [0.05, 0.1) is 13.2 Å². The van der Waals surface area contributed by atoms with Crippen molar-refractivity contribution in [3.63, 3.8) is 0 Å². The number of benzene rings is 2. The van der Waals surface area contributed by atoms with E-state index in [0.717, 1.165) is 28.9 Å².